The zero-order valence-corrected chi connectivity index (χ0v) is 15.6. The van der Waals surface area contributed by atoms with Gasteiger partial charge in [0.25, 0.3) is 11.2 Å². The maximum Gasteiger partial charge on any atom is 0.338 e. The minimum Gasteiger partial charge on any atom is -0.456 e. The third-order valence-electron chi connectivity index (χ3n) is 5.50. The second-order valence-corrected chi connectivity index (χ2v) is 7.35. The molecule has 10 nitrogen and oxygen atoms in total. The number of rotatable bonds is 4. The Hall–Kier alpha value is -3.27. The maximum absolute atomic E-state index is 12.4. The summed E-state index contributed by atoms with van der Waals surface area (Å²) in [5, 5.41) is 10.7. The van der Waals surface area contributed by atoms with Crippen LogP contribution in [0.5, 0.6) is 0 Å². The first kappa shape index (κ1) is 19.1. The average Bonchev–Trinajstić information content (AvgIpc) is 3.26. The number of carbonyl (C=O) groups excluding carboxylic acids is 1. The van der Waals surface area contributed by atoms with Crippen molar-refractivity contribution < 1.29 is 19.2 Å². The van der Waals surface area contributed by atoms with Crippen LogP contribution in [0.25, 0.3) is 0 Å². The number of aryl methyl sites for hydroxylation is 1. The third-order valence-corrected chi connectivity index (χ3v) is 5.50. The highest BCUT2D eigenvalue weighted by Gasteiger charge is 2.47. The van der Waals surface area contributed by atoms with Gasteiger partial charge in [-0.1, -0.05) is 0 Å². The monoisotopic (exact) mass is 401 g/mol. The van der Waals surface area contributed by atoms with Gasteiger partial charge < -0.3 is 9.47 Å². The molecule has 4 rings (SSSR count). The van der Waals surface area contributed by atoms with Gasteiger partial charge in [-0.25, -0.2) is 9.59 Å². The van der Waals surface area contributed by atoms with Gasteiger partial charge >= 0.3 is 11.7 Å². The third kappa shape index (κ3) is 3.58. The Morgan fingerprint density at radius 2 is 2.00 bits per heavy atom. The zero-order valence-electron chi connectivity index (χ0n) is 15.6. The number of hydrogen-bond acceptors (Lipinski definition) is 7. The fourth-order valence-corrected chi connectivity index (χ4v) is 3.99. The number of fused-ring (bicyclic) bond motifs is 1. The van der Waals surface area contributed by atoms with Crippen molar-refractivity contribution in [2.75, 3.05) is 0 Å². The van der Waals surface area contributed by atoms with Crippen LogP contribution < -0.4 is 11.2 Å². The molecule has 1 saturated carbocycles. The fraction of sp³-hybridized carbons (Fsp3) is 0.421. The number of nitrogens with one attached hydrogen (secondary N) is 1. The van der Waals surface area contributed by atoms with Crippen LogP contribution in [-0.4, -0.2) is 32.7 Å². The van der Waals surface area contributed by atoms with E-state index in [-0.39, 0.29) is 23.3 Å². The topological polar surface area (TPSA) is 134 Å². The predicted octanol–water partition coefficient (Wildman–Crippen LogP) is 1.68. The molecule has 0 spiro atoms. The lowest BCUT2D eigenvalue weighted by molar-refractivity contribution is -0.384. The van der Waals surface area contributed by atoms with Gasteiger partial charge in [0.05, 0.1) is 10.5 Å². The molecule has 2 heterocycles. The van der Waals surface area contributed by atoms with E-state index in [4.69, 9.17) is 9.47 Å². The lowest BCUT2D eigenvalue weighted by Gasteiger charge is -2.21. The summed E-state index contributed by atoms with van der Waals surface area (Å²) in [6.45, 7) is 1.61. The summed E-state index contributed by atoms with van der Waals surface area (Å²) >= 11 is 0. The van der Waals surface area contributed by atoms with E-state index in [2.05, 4.69) is 4.98 Å². The van der Waals surface area contributed by atoms with E-state index in [1.165, 1.54) is 35.0 Å². The molecule has 2 aromatic rings. The number of non-ortho nitro benzene ring substituents is 1. The van der Waals surface area contributed by atoms with E-state index >= 15 is 0 Å². The lowest BCUT2D eigenvalue weighted by Crippen LogP contribution is -2.34. The Morgan fingerprint density at radius 3 is 2.69 bits per heavy atom. The smallest absolute Gasteiger partial charge is 0.338 e. The molecule has 0 radical (unpaired) electrons. The second kappa shape index (κ2) is 7.28. The summed E-state index contributed by atoms with van der Waals surface area (Å²) < 4.78 is 13.0. The van der Waals surface area contributed by atoms with E-state index in [1.807, 2.05) is 0 Å². The summed E-state index contributed by atoms with van der Waals surface area (Å²) in [5.74, 6) is -0.441. The molecule has 0 bridgehead atoms. The summed E-state index contributed by atoms with van der Waals surface area (Å²) in [4.78, 5) is 48.5. The Labute approximate surface area is 164 Å². The quantitative estimate of drug-likeness (QED) is 0.468. The molecule has 2 unspecified atom stereocenters. The number of H-pyrrole nitrogens is 1. The van der Waals surface area contributed by atoms with Gasteiger partial charge in [0.2, 0.25) is 0 Å². The van der Waals surface area contributed by atoms with Gasteiger partial charge in [-0.3, -0.25) is 24.5 Å². The molecule has 0 amide bonds. The van der Waals surface area contributed by atoms with Gasteiger partial charge in [-0.05, 0) is 44.2 Å². The number of hydrogen-bond donors (Lipinski definition) is 1. The van der Waals surface area contributed by atoms with Gasteiger partial charge in [-0.15, -0.1) is 0 Å². The molecular weight excluding hydrogens is 382 g/mol. The highest BCUT2D eigenvalue weighted by Crippen LogP contribution is 2.44. The van der Waals surface area contributed by atoms with Crippen molar-refractivity contribution in [2.24, 2.45) is 5.92 Å². The van der Waals surface area contributed by atoms with Crippen molar-refractivity contribution in [2.45, 2.75) is 44.6 Å². The Bertz CT molecular complexity index is 1070. The number of nitro benzene ring substituents is 1. The molecule has 152 valence electrons. The van der Waals surface area contributed by atoms with Crippen molar-refractivity contribution >= 4 is 11.7 Å². The number of ether oxygens (including phenoxy) is 2. The van der Waals surface area contributed by atoms with Crippen LogP contribution in [0.4, 0.5) is 5.69 Å². The molecule has 1 N–H and O–H groups in total. The van der Waals surface area contributed by atoms with Gasteiger partial charge in [-0.2, -0.15) is 0 Å². The molecule has 10 heteroatoms. The number of carbonyl (C=O) groups is 1. The first-order valence-electron chi connectivity index (χ1n) is 9.26. The van der Waals surface area contributed by atoms with E-state index in [0.717, 1.165) is 6.42 Å². The minimum atomic E-state index is -0.574. The van der Waals surface area contributed by atoms with Crippen LogP contribution in [0.2, 0.25) is 0 Å². The van der Waals surface area contributed by atoms with Crippen LogP contribution >= 0.6 is 0 Å². The second-order valence-electron chi connectivity index (χ2n) is 7.35. The number of nitro groups is 1. The van der Waals surface area contributed by atoms with Gasteiger partial charge in [0.15, 0.2) is 0 Å². The predicted molar refractivity (Wildman–Crippen MR) is 99.6 cm³/mol. The average molecular weight is 401 g/mol. The van der Waals surface area contributed by atoms with Crippen molar-refractivity contribution in [1.82, 2.24) is 9.55 Å². The summed E-state index contributed by atoms with van der Waals surface area (Å²) in [7, 11) is 0. The molecule has 29 heavy (non-hydrogen) atoms. The Kier molecular flexibility index (Phi) is 4.79. The molecule has 4 atom stereocenters. The molecule has 1 aliphatic heterocycles. The van der Waals surface area contributed by atoms with Crippen LogP contribution in [0.3, 0.4) is 0 Å². The Morgan fingerprint density at radius 1 is 1.28 bits per heavy atom. The molecule has 1 aromatic carbocycles. The van der Waals surface area contributed by atoms with Gasteiger partial charge in [0.1, 0.15) is 18.4 Å². The van der Waals surface area contributed by atoms with E-state index in [0.29, 0.717) is 18.4 Å². The zero-order chi connectivity index (χ0) is 20.7. The first-order valence-corrected chi connectivity index (χ1v) is 9.26. The minimum absolute atomic E-state index is 0.105. The number of benzene rings is 1. The molecule has 2 fully saturated rings. The van der Waals surface area contributed by atoms with Crippen LogP contribution in [0, 0.1) is 23.0 Å². The van der Waals surface area contributed by atoms with Crippen molar-refractivity contribution in [3.05, 3.63) is 72.5 Å². The van der Waals surface area contributed by atoms with E-state index in [1.54, 1.807) is 6.92 Å². The largest absolute Gasteiger partial charge is 0.456 e. The van der Waals surface area contributed by atoms with Crippen LogP contribution in [0.1, 0.15) is 41.4 Å². The van der Waals surface area contributed by atoms with Crippen molar-refractivity contribution in [1.29, 1.82) is 0 Å². The highest BCUT2D eigenvalue weighted by atomic mass is 16.6. The molecule has 1 aromatic heterocycles. The highest BCUT2D eigenvalue weighted by molar-refractivity contribution is 5.89. The number of esters is 1. The molecule has 1 saturated heterocycles. The normalized spacial score (nSPS) is 25.6. The molecular formula is C19H19N3O7. The van der Waals surface area contributed by atoms with Crippen molar-refractivity contribution in [3.63, 3.8) is 0 Å². The Balaban J connectivity index is 1.46. The maximum atomic E-state index is 12.4. The summed E-state index contributed by atoms with van der Waals surface area (Å²) in [5.41, 5.74) is -0.442. The number of aromatic nitrogens is 2. The van der Waals surface area contributed by atoms with Gasteiger partial charge in [0, 0.05) is 23.9 Å². The fourth-order valence-electron chi connectivity index (χ4n) is 3.99. The van der Waals surface area contributed by atoms with E-state index < -0.39 is 34.5 Å². The number of aromatic amines is 1. The van der Waals surface area contributed by atoms with Crippen molar-refractivity contribution in [3.8, 4) is 0 Å². The number of nitrogens with zero attached hydrogens (tertiary/aromatic N) is 2. The first-order chi connectivity index (χ1) is 13.8. The SMILES string of the molecule is Cc1cn([C@@H]2C[C@H]3CCC(OC(=O)c4ccc([N+](=O)[O-])cc4)C3O2)c(=O)[nH]c1=O. The lowest BCUT2D eigenvalue weighted by atomic mass is 10.0. The molecule has 1 aliphatic carbocycles. The van der Waals surface area contributed by atoms with E-state index in [9.17, 15) is 24.5 Å². The van der Waals surface area contributed by atoms with Crippen LogP contribution in [0.15, 0.2) is 40.1 Å². The standard InChI is InChI=1S/C19H19N3O7/c1-10-9-21(19(25)20-17(10)23)15-8-12-4-7-14(16(12)29-15)28-18(24)11-2-5-13(6-3-11)22(26)27/h2-3,5-6,9,12,14-16H,4,7-8H2,1H3,(H,20,23,25)/t12-,14?,15+,16?/m1/s1. The molecule has 2 aliphatic rings. The summed E-state index contributed by atoms with van der Waals surface area (Å²) in [6.07, 6.45) is 2.14. The summed E-state index contributed by atoms with van der Waals surface area (Å²) in [6, 6.07) is 5.21. The van der Waals surface area contributed by atoms with Crippen LogP contribution in [-0.2, 0) is 9.47 Å².